The summed E-state index contributed by atoms with van der Waals surface area (Å²) >= 11 is 0. The van der Waals surface area contributed by atoms with Crippen LogP contribution in [0.15, 0.2) is 48.8 Å². The molecular formula is C17H20N2O2. The van der Waals surface area contributed by atoms with Crippen LogP contribution in [0.5, 0.6) is 0 Å². The molecule has 2 rings (SSSR count). The standard InChI is InChI=1S/C17H20N2O2/c1-14-4-6-16(7-5-14)19(12-9-17(20)21)11-8-15-3-2-10-18-13-15/h2-7,10,13H,8-9,11-12H2,1H3,(H,20,21). The summed E-state index contributed by atoms with van der Waals surface area (Å²) in [7, 11) is 0. The minimum absolute atomic E-state index is 0.140. The Bertz CT molecular complexity index is 567. The molecule has 0 radical (unpaired) electrons. The molecule has 1 N–H and O–H groups in total. The van der Waals surface area contributed by atoms with E-state index in [0.717, 1.165) is 24.2 Å². The first-order valence-electron chi connectivity index (χ1n) is 7.07. The van der Waals surface area contributed by atoms with Crippen LogP contribution in [0.4, 0.5) is 5.69 Å². The maximum absolute atomic E-state index is 10.8. The van der Waals surface area contributed by atoms with Gasteiger partial charge in [-0.25, -0.2) is 0 Å². The number of rotatable bonds is 7. The Labute approximate surface area is 125 Å². The molecule has 4 heteroatoms. The molecule has 1 aromatic carbocycles. The summed E-state index contributed by atoms with van der Waals surface area (Å²) in [5.74, 6) is -0.770. The Balaban J connectivity index is 2.04. The molecule has 0 aliphatic carbocycles. The molecule has 4 nitrogen and oxygen atoms in total. The van der Waals surface area contributed by atoms with Gasteiger partial charge < -0.3 is 10.0 Å². The molecule has 0 aliphatic rings. The van der Waals surface area contributed by atoms with Gasteiger partial charge >= 0.3 is 5.97 Å². The smallest absolute Gasteiger partial charge is 0.305 e. The first-order chi connectivity index (χ1) is 10.1. The second kappa shape index (κ2) is 7.43. The minimum atomic E-state index is -0.770. The fraction of sp³-hybridized carbons (Fsp3) is 0.294. The van der Waals surface area contributed by atoms with E-state index in [4.69, 9.17) is 5.11 Å². The molecule has 0 fully saturated rings. The molecule has 0 spiro atoms. The molecule has 0 bridgehead atoms. The van der Waals surface area contributed by atoms with Gasteiger partial charge in [-0.05, 0) is 37.1 Å². The lowest BCUT2D eigenvalue weighted by atomic mass is 10.1. The number of aryl methyl sites for hydroxylation is 1. The van der Waals surface area contributed by atoms with Crippen LogP contribution < -0.4 is 4.90 Å². The van der Waals surface area contributed by atoms with E-state index in [1.807, 2.05) is 49.5 Å². The normalized spacial score (nSPS) is 10.3. The number of carboxylic acids is 1. The number of aromatic nitrogens is 1. The number of anilines is 1. The molecule has 1 aromatic heterocycles. The second-order valence-corrected chi connectivity index (χ2v) is 5.08. The second-order valence-electron chi connectivity index (χ2n) is 5.08. The molecule has 21 heavy (non-hydrogen) atoms. The van der Waals surface area contributed by atoms with Gasteiger partial charge in [0.1, 0.15) is 0 Å². The van der Waals surface area contributed by atoms with Crippen LogP contribution in [-0.4, -0.2) is 29.1 Å². The van der Waals surface area contributed by atoms with Gasteiger partial charge in [0, 0.05) is 31.2 Å². The average molecular weight is 284 g/mol. The molecule has 0 unspecified atom stereocenters. The molecule has 0 saturated carbocycles. The summed E-state index contributed by atoms with van der Waals surface area (Å²) in [6.07, 6.45) is 4.60. The summed E-state index contributed by atoms with van der Waals surface area (Å²) in [6.45, 7) is 3.34. The lowest BCUT2D eigenvalue weighted by Gasteiger charge is -2.24. The SMILES string of the molecule is Cc1ccc(N(CCC(=O)O)CCc2cccnc2)cc1. The minimum Gasteiger partial charge on any atom is -0.481 e. The van der Waals surface area contributed by atoms with Crippen molar-refractivity contribution in [2.75, 3.05) is 18.0 Å². The average Bonchev–Trinajstić information content (AvgIpc) is 2.49. The fourth-order valence-corrected chi connectivity index (χ4v) is 2.17. The zero-order valence-corrected chi connectivity index (χ0v) is 12.2. The molecule has 2 aromatic rings. The summed E-state index contributed by atoms with van der Waals surface area (Å²) in [4.78, 5) is 17.0. The third-order valence-corrected chi connectivity index (χ3v) is 3.39. The Morgan fingerprint density at radius 1 is 1.19 bits per heavy atom. The quantitative estimate of drug-likeness (QED) is 0.849. The van der Waals surface area contributed by atoms with Gasteiger partial charge in [0.25, 0.3) is 0 Å². The molecular weight excluding hydrogens is 264 g/mol. The van der Waals surface area contributed by atoms with Crippen LogP contribution in [-0.2, 0) is 11.2 Å². The molecule has 110 valence electrons. The Kier molecular flexibility index (Phi) is 5.32. The van der Waals surface area contributed by atoms with Crippen molar-refractivity contribution in [3.63, 3.8) is 0 Å². The van der Waals surface area contributed by atoms with Gasteiger partial charge in [0.2, 0.25) is 0 Å². The van der Waals surface area contributed by atoms with Crippen LogP contribution in [0.2, 0.25) is 0 Å². The van der Waals surface area contributed by atoms with Gasteiger partial charge in [-0.1, -0.05) is 23.8 Å². The molecule has 0 saturated heterocycles. The number of nitrogens with zero attached hydrogens (tertiary/aromatic N) is 2. The van der Waals surface area contributed by atoms with E-state index in [0.29, 0.717) is 6.54 Å². The predicted molar refractivity (Wildman–Crippen MR) is 83.6 cm³/mol. The van der Waals surface area contributed by atoms with Crippen molar-refractivity contribution >= 4 is 11.7 Å². The maximum Gasteiger partial charge on any atom is 0.305 e. The number of pyridine rings is 1. The number of carboxylic acid groups (broad SMARTS) is 1. The van der Waals surface area contributed by atoms with E-state index in [1.54, 1.807) is 6.20 Å². The van der Waals surface area contributed by atoms with E-state index in [1.165, 1.54) is 5.56 Å². The monoisotopic (exact) mass is 284 g/mol. The third kappa shape index (κ3) is 4.91. The molecule has 0 atom stereocenters. The van der Waals surface area contributed by atoms with Crippen LogP contribution in [0, 0.1) is 6.92 Å². The highest BCUT2D eigenvalue weighted by atomic mass is 16.4. The number of hydrogen-bond donors (Lipinski definition) is 1. The van der Waals surface area contributed by atoms with Crippen LogP contribution >= 0.6 is 0 Å². The first kappa shape index (κ1) is 15.0. The topological polar surface area (TPSA) is 53.4 Å². The van der Waals surface area contributed by atoms with Crippen molar-refractivity contribution in [1.82, 2.24) is 4.98 Å². The van der Waals surface area contributed by atoms with Gasteiger partial charge in [-0.3, -0.25) is 9.78 Å². The summed E-state index contributed by atoms with van der Waals surface area (Å²) in [5.41, 5.74) is 3.42. The Hall–Kier alpha value is -2.36. The number of aliphatic carboxylic acids is 1. The van der Waals surface area contributed by atoms with Crippen molar-refractivity contribution in [3.8, 4) is 0 Å². The van der Waals surface area contributed by atoms with Crippen molar-refractivity contribution in [1.29, 1.82) is 0 Å². The number of carbonyl (C=O) groups is 1. The van der Waals surface area contributed by atoms with E-state index >= 15 is 0 Å². The van der Waals surface area contributed by atoms with Crippen molar-refractivity contribution in [3.05, 3.63) is 59.9 Å². The highest BCUT2D eigenvalue weighted by molar-refractivity contribution is 5.67. The Morgan fingerprint density at radius 3 is 2.57 bits per heavy atom. The fourth-order valence-electron chi connectivity index (χ4n) is 2.17. The van der Waals surface area contributed by atoms with Gasteiger partial charge in [0.15, 0.2) is 0 Å². The summed E-state index contributed by atoms with van der Waals surface area (Å²) in [6, 6.07) is 12.1. The van der Waals surface area contributed by atoms with E-state index in [2.05, 4.69) is 9.88 Å². The maximum atomic E-state index is 10.8. The first-order valence-corrected chi connectivity index (χ1v) is 7.07. The Morgan fingerprint density at radius 2 is 1.95 bits per heavy atom. The zero-order chi connectivity index (χ0) is 15.1. The zero-order valence-electron chi connectivity index (χ0n) is 12.2. The highest BCUT2D eigenvalue weighted by Gasteiger charge is 2.09. The lowest BCUT2D eigenvalue weighted by molar-refractivity contribution is -0.136. The van der Waals surface area contributed by atoms with Gasteiger partial charge in [-0.15, -0.1) is 0 Å². The lowest BCUT2D eigenvalue weighted by Crippen LogP contribution is -2.28. The van der Waals surface area contributed by atoms with E-state index in [-0.39, 0.29) is 6.42 Å². The summed E-state index contributed by atoms with van der Waals surface area (Å²) < 4.78 is 0. The number of hydrogen-bond acceptors (Lipinski definition) is 3. The largest absolute Gasteiger partial charge is 0.481 e. The number of benzene rings is 1. The van der Waals surface area contributed by atoms with Gasteiger partial charge in [0.05, 0.1) is 6.42 Å². The van der Waals surface area contributed by atoms with Crippen molar-refractivity contribution in [2.45, 2.75) is 19.8 Å². The molecule has 0 amide bonds. The van der Waals surface area contributed by atoms with Crippen LogP contribution in [0.1, 0.15) is 17.5 Å². The highest BCUT2D eigenvalue weighted by Crippen LogP contribution is 2.16. The van der Waals surface area contributed by atoms with Crippen LogP contribution in [0.3, 0.4) is 0 Å². The molecule has 0 aliphatic heterocycles. The summed E-state index contributed by atoms with van der Waals surface area (Å²) in [5, 5.41) is 8.90. The van der Waals surface area contributed by atoms with Crippen molar-refractivity contribution < 1.29 is 9.90 Å². The third-order valence-electron chi connectivity index (χ3n) is 3.39. The van der Waals surface area contributed by atoms with Crippen molar-refractivity contribution in [2.24, 2.45) is 0 Å². The van der Waals surface area contributed by atoms with E-state index < -0.39 is 5.97 Å². The van der Waals surface area contributed by atoms with Crippen LogP contribution in [0.25, 0.3) is 0 Å². The predicted octanol–water partition coefficient (Wildman–Crippen LogP) is 2.91. The molecule has 1 heterocycles. The van der Waals surface area contributed by atoms with Gasteiger partial charge in [-0.2, -0.15) is 0 Å². The van der Waals surface area contributed by atoms with E-state index in [9.17, 15) is 4.79 Å².